The summed E-state index contributed by atoms with van der Waals surface area (Å²) in [4.78, 5) is 40.5. The van der Waals surface area contributed by atoms with E-state index in [1.165, 1.54) is 18.2 Å². The first-order valence-corrected chi connectivity index (χ1v) is 8.05. The molecule has 0 atom stereocenters. The van der Waals surface area contributed by atoms with E-state index in [0.717, 1.165) is 4.90 Å². The number of hydrogen-bond acceptors (Lipinski definition) is 7. The molecule has 2 aromatic carbocycles. The molecule has 9 nitrogen and oxygen atoms in total. The number of carbonyl (C=O) groups is 2. The van der Waals surface area contributed by atoms with E-state index < -0.39 is 22.4 Å². The Hall–Kier alpha value is -3.59. The lowest BCUT2D eigenvalue weighted by Crippen LogP contribution is -2.29. The molecule has 0 saturated heterocycles. The van der Waals surface area contributed by atoms with E-state index in [9.17, 15) is 19.7 Å². The van der Waals surface area contributed by atoms with Crippen molar-refractivity contribution >= 4 is 29.1 Å². The Bertz CT molecular complexity index is 1090. The average Bonchev–Trinajstić information content (AvgIpc) is 3.22. The number of benzene rings is 2. The molecule has 1 aromatic heterocycles. The highest BCUT2D eigenvalue weighted by Gasteiger charge is 2.41. The van der Waals surface area contributed by atoms with Crippen molar-refractivity contribution in [1.29, 1.82) is 0 Å². The third-order valence-electron chi connectivity index (χ3n) is 4.04. The van der Waals surface area contributed by atoms with Crippen LogP contribution in [0.2, 0.25) is 5.02 Å². The number of hydrogen-bond donors (Lipinski definition) is 0. The molecule has 0 unspecified atom stereocenters. The number of nitro groups is 1. The molecule has 134 valence electrons. The van der Waals surface area contributed by atoms with Crippen molar-refractivity contribution in [1.82, 2.24) is 15.0 Å². The first-order chi connectivity index (χ1) is 13.0. The van der Waals surface area contributed by atoms with Crippen LogP contribution in [0.4, 0.5) is 5.69 Å². The highest BCUT2D eigenvalue weighted by molar-refractivity contribution is 6.30. The van der Waals surface area contributed by atoms with Crippen LogP contribution < -0.4 is 0 Å². The fourth-order valence-electron chi connectivity index (χ4n) is 2.78. The van der Waals surface area contributed by atoms with Gasteiger partial charge in [-0.05, 0) is 30.3 Å². The molecule has 10 heteroatoms. The highest BCUT2D eigenvalue weighted by Crippen LogP contribution is 2.31. The van der Waals surface area contributed by atoms with Crippen molar-refractivity contribution in [2.75, 3.05) is 0 Å². The van der Waals surface area contributed by atoms with Crippen LogP contribution in [0.5, 0.6) is 0 Å². The van der Waals surface area contributed by atoms with Gasteiger partial charge in [-0.25, -0.2) is 0 Å². The molecular weight excluding hydrogens is 376 g/mol. The van der Waals surface area contributed by atoms with Crippen molar-refractivity contribution in [3.05, 3.63) is 74.6 Å². The molecule has 0 N–H and O–H groups in total. The predicted octanol–water partition coefficient (Wildman–Crippen LogP) is 3.09. The molecule has 0 fully saturated rings. The van der Waals surface area contributed by atoms with E-state index in [2.05, 4.69) is 10.1 Å². The van der Waals surface area contributed by atoms with Crippen LogP contribution in [0.3, 0.4) is 0 Å². The van der Waals surface area contributed by atoms with Crippen LogP contribution in [-0.4, -0.2) is 31.8 Å². The first-order valence-electron chi connectivity index (χ1n) is 7.68. The Morgan fingerprint density at radius 1 is 1.11 bits per heavy atom. The average molecular weight is 385 g/mol. The number of imide groups is 1. The second kappa shape index (κ2) is 6.29. The van der Waals surface area contributed by atoms with Gasteiger partial charge in [-0.2, -0.15) is 4.98 Å². The van der Waals surface area contributed by atoms with Gasteiger partial charge in [0.15, 0.2) is 0 Å². The number of halogens is 1. The zero-order valence-corrected chi connectivity index (χ0v) is 14.2. The topological polar surface area (TPSA) is 119 Å². The summed E-state index contributed by atoms with van der Waals surface area (Å²) >= 11 is 5.84. The normalized spacial score (nSPS) is 13.1. The molecule has 2 heterocycles. The number of nitro benzene ring substituents is 1. The van der Waals surface area contributed by atoms with Crippen molar-refractivity contribution in [3.63, 3.8) is 0 Å². The monoisotopic (exact) mass is 384 g/mol. The zero-order valence-electron chi connectivity index (χ0n) is 13.5. The predicted molar refractivity (Wildman–Crippen MR) is 92.0 cm³/mol. The van der Waals surface area contributed by atoms with E-state index in [1.807, 2.05) is 0 Å². The summed E-state index contributed by atoms with van der Waals surface area (Å²) in [6.07, 6.45) is 0. The minimum Gasteiger partial charge on any atom is -0.337 e. The molecule has 1 aliphatic heterocycles. The van der Waals surface area contributed by atoms with Gasteiger partial charge < -0.3 is 4.52 Å². The molecule has 2 amide bonds. The van der Waals surface area contributed by atoms with Gasteiger partial charge in [0.05, 0.1) is 10.5 Å². The fourth-order valence-corrected chi connectivity index (χ4v) is 2.91. The Morgan fingerprint density at radius 2 is 1.85 bits per heavy atom. The minimum absolute atomic E-state index is 0.0216. The van der Waals surface area contributed by atoms with Crippen LogP contribution in [0.15, 0.2) is 47.0 Å². The van der Waals surface area contributed by atoms with Crippen molar-refractivity contribution in [2.45, 2.75) is 6.54 Å². The lowest BCUT2D eigenvalue weighted by Gasteiger charge is -2.09. The molecule has 0 saturated carbocycles. The standard InChI is InChI=1S/C17H9ClN4O5/c18-10-6-4-9(5-7-10)15-19-13(27-20-15)8-21-16(23)11-2-1-3-12(22(25)26)14(11)17(21)24/h1-7H,8H2. The SMILES string of the molecule is O=C1c2cccc([N+](=O)[O-])c2C(=O)N1Cc1nc(-c2ccc(Cl)cc2)no1. The molecule has 0 spiro atoms. The van der Waals surface area contributed by atoms with Gasteiger partial charge in [0.2, 0.25) is 11.7 Å². The molecule has 1 aliphatic rings. The summed E-state index contributed by atoms with van der Waals surface area (Å²) in [5.41, 5.74) is -0.0234. The summed E-state index contributed by atoms with van der Waals surface area (Å²) in [5, 5.41) is 15.5. The van der Waals surface area contributed by atoms with E-state index in [0.29, 0.717) is 10.6 Å². The second-order valence-corrected chi connectivity index (χ2v) is 6.11. The fraction of sp³-hybridized carbons (Fsp3) is 0.0588. The number of aromatic nitrogens is 2. The maximum absolute atomic E-state index is 12.5. The van der Waals surface area contributed by atoms with E-state index in [1.54, 1.807) is 24.3 Å². The summed E-state index contributed by atoms with van der Waals surface area (Å²) in [5.74, 6) is -1.13. The van der Waals surface area contributed by atoms with Crippen LogP contribution in [0.1, 0.15) is 26.6 Å². The Kier molecular flexibility index (Phi) is 3.93. The van der Waals surface area contributed by atoms with Crippen LogP contribution in [0.25, 0.3) is 11.4 Å². The minimum atomic E-state index is -0.770. The Balaban J connectivity index is 1.62. The number of rotatable bonds is 4. The molecule has 3 aromatic rings. The van der Waals surface area contributed by atoms with E-state index in [-0.39, 0.29) is 29.4 Å². The van der Waals surface area contributed by atoms with Gasteiger partial charge in [0, 0.05) is 16.7 Å². The first kappa shape index (κ1) is 16.9. The number of carbonyl (C=O) groups excluding carboxylic acids is 2. The molecule has 0 radical (unpaired) electrons. The summed E-state index contributed by atoms with van der Waals surface area (Å²) in [6.45, 7) is -0.288. The number of nitrogens with zero attached hydrogens (tertiary/aromatic N) is 4. The van der Waals surface area contributed by atoms with Gasteiger partial charge in [-0.1, -0.05) is 22.8 Å². The maximum atomic E-state index is 12.5. The van der Waals surface area contributed by atoms with Crippen LogP contribution in [-0.2, 0) is 6.54 Å². The quantitative estimate of drug-likeness (QED) is 0.385. The summed E-state index contributed by atoms with van der Waals surface area (Å²) in [6, 6.07) is 10.6. The van der Waals surface area contributed by atoms with E-state index >= 15 is 0 Å². The van der Waals surface area contributed by atoms with Gasteiger partial charge in [0.1, 0.15) is 12.1 Å². The van der Waals surface area contributed by atoms with E-state index in [4.69, 9.17) is 16.1 Å². The number of amides is 2. The lowest BCUT2D eigenvalue weighted by molar-refractivity contribution is -0.385. The summed E-state index contributed by atoms with van der Waals surface area (Å²) in [7, 11) is 0. The van der Waals surface area contributed by atoms with Gasteiger partial charge in [0.25, 0.3) is 17.5 Å². The largest absolute Gasteiger partial charge is 0.337 e. The third kappa shape index (κ3) is 2.83. The van der Waals surface area contributed by atoms with Crippen molar-refractivity contribution in [2.24, 2.45) is 0 Å². The van der Waals surface area contributed by atoms with Gasteiger partial charge in [-0.3, -0.25) is 24.6 Å². The molecular formula is C17H9ClN4O5. The smallest absolute Gasteiger partial charge is 0.282 e. The molecule has 0 bridgehead atoms. The van der Waals surface area contributed by atoms with Gasteiger partial charge >= 0.3 is 0 Å². The zero-order chi connectivity index (χ0) is 19.1. The highest BCUT2D eigenvalue weighted by atomic mass is 35.5. The lowest BCUT2D eigenvalue weighted by atomic mass is 10.1. The molecule has 4 rings (SSSR count). The molecule has 27 heavy (non-hydrogen) atoms. The van der Waals surface area contributed by atoms with Crippen molar-refractivity contribution < 1.29 is 19.0 Å². The maximum Gasteiger partial charge on any atom is 0.282 e. The summed E-state index contributed by atoms with van der Waals surface area (Å²) < 4.78 is 5.11. The van der Waals surface area contributed by atoms with Crippen LogP contribution in [0, 0.1) is 10.1 Å². The van der Waals surface area contributed by atoms with Gasteiger partial charge in [-0.15, -0.1) is 0 Å². The van der Waals surface area contributed by atoms with Crippen LogP contribution >= 0.6 is 11.6 Å². The molecule has 0 aliphatic carbocycles. The second-order valence-electron chi connectivity index (χ2n) is 5.67. The number of fused-ring (bicyclic) bond motifs is 1. The Morgan fingerprint density at radius 3 is 2.56 bits per heavy atom. The Labute approximate surface area is 156 Å². The van der Waals surface area contributed by atoms with Crippen molar-refractivity contribution in [3.8, 4) is 11.4 Å². The third-order valence-corrected chi connectivity index (χ3v) is 4.29.